The number of aromatic nitrogens is 4. The van der Waals surface area contributed by atoms with Crippen LogP contribution in [0.3, 0.4) is 0 Å². The molecule has 1 aliphatic carbocycles. The number of fused-ring (bicyclic) bond motifs is 3. The monoisotopic (exact) mass is 603 g/mol. The van der Waals surface area contributed by atoms with Crippen molar-refractivity contribution in [1.82, 2.24) is 24.7 Å². The van der Waals surface area contributed by atoms with E-state index in [1.807, 2.05) is 0 Å². The summed E-state index contributed by atoms with van der Waals surface area (Å²) in [4.78, 5) is 38.9. The number of pyridine rings is 1. The van der Waals surface area contributed by atoms with Gasteiger partial charge in [-0.15, -0.1) is 0 Å². The summed E-state index contributed by atoms with van der Waals surface area (Å²) in [6.45, 7) is 0. The Morgan fingerprint density at radius 3 is 2.68 bits per heavy atom. The van der Waals surface area contributed by atoms with Crippen molar-refractivity contribution < 1.29 is 22.8 Å². The van der Waals surface area contributed by atoms with Gasteiger partial charge in [0.15, 0.2) is 0 Å². The van der Waals surface area contributed by atoms with Crippen molar-refractivity contribution in [3.63, 3.8) is 0 Å². The smallest absolute Gasteiger partial charge is 0.382 e. The van der Waals surface area contributed by atoms with E-state index in [4.69, 9.17) is 10.7 Å². The number of imidazole rings is 1. The number of carbonyl (C=O) groups excluding carboxylic acids is 2. The van der Waals surface area contributed by atoms with Gasteiger partial charge in [-0.2, -0.15) is 13.2 Å². The van der Waals surface area contributed by atoms with E-state index >= 15 is 0 Å². The standard InChI is InChI=1S/C32H32F3N7O2/c33-32(34,35)22-14-15-37-25(17-22)40-31(44)20-12-10-19(11-13-20)27-28-29(36)38-18-24-8-3-1-2-4-9-26(43)39-23-7-5-6-21(16-23)30(41-27)42(24)28/h1,3,10-15,17-18,21,23H,2,4-9,16H2,(H2,36,38)(H,39,43)(H,37,40,44)/b3-1-/t21-,23?/m1/s1. The Bertz CT molecular complexity index is 1730. The van der Waals surface area contributed by atoms with Gasteiger partial charge in [0.1, 0.15) is 28.7 Å². The second-order valence-electron chi connectivity index (χ2n) is 11.3. The summed E-state index contributed by atoms with van der Waals surface area (Å²) in [5.74, 6) is 0.564. The van der Waals surface area contributed by atoms with E-state index in [0.717, 1.165) is 68.4 Å². The number of nitrogens with zero attached hydrogens (tertiary/aromatic N) is 4. The van der Waals surface area contributed by atoms with Crippen LogP contribution in [0.15, 0.2) is 60.9 Å². The summed E-state index contributed by atoms with van der Waals surface area (Å²) >= 11 is 0. The topological polar surface area (TPSA) is 127 Å². The first kappa shape index (κ1) is 29.3. The zero-order valence-electron chi connectivity index (χ0n) is 23.9. The summed E-state index contributed by atoms with van der Waals surface area (Å²) in [5, 5.41) is 5.65. The average molecular weight is 604 g/mol. The lowest BCUT2D eigenvalue weighted by Crippen LogP contribution is -2.38. The van der Waals surface area contributed by atoms with Gasteiger partial charge in [-0.05, 0) is 56.4 Å². The van der Waals surface area contributed by atoms with E-state index in [1.165, 1.54) is 0 Å². The van der Waals surface area contributed by atoms with Gasteiger partial charge in [0, 0.05) is 54.0 Å². The summed E-state index contributed by atoms with van der Waals surface area (Å²) in [5.41, 5.74) is 8.77. The van der Waals surface area contributed by atoms with Crippen molar-refractivity contribution in [2.45, 2.75) is 69.5 Å². The molecule has 2 bridgehead atoms. The van der Waals surface area contributed by atoms with Crippen molar-refractivity contribution in [2.24, 2.45) is 0 Å². The van der Waals surface area contributed by atoms with E-state index < -0.39 is 17.6 Å². The first-order chi connectivity index (χ1) is 21.2. The average Bonchev–Trinajstić information content (AvgIpc) is 3.41. The predicted octanol–water partition coefficient (Wildman–Crippen LogP) is 6.07. The summed E-state index contributed by atoms with van der Waals surface area (Å²) < 4.78 is 41.4. The Labute approximate surface area is 251 Å². The number of nitrogens with one attached hydrogen (secondary N) is 2. The molecule has 0 spiro atoms. The Balaban J connectivity index is 1.35. The molecule has 1 aliphatic heterocycles. The first-order valence-electron chi connectivity index (χ1n) is 14.7. The Morgan fingerprint density at radius 2 is 1.89 bits per heavy atom. The van der Waals surface area contributed by atoms with E-state index in [-0.39, 0.29) is 29.2 Å². The van der Waals surface area contributed by atoms with Crippen LogP contribution in [-0.4, -0.2) is 37.2 Å². The molecule has 0 saturated heterocycles. The molecule has 44 heavy (non-hydrogen) atoms. The molecule has 4 heterocycles. The highest BCUT2D eigenvalue weighted by Crippen LogP contribution is 2.38. The number of nitrogens with two attached hydrogens (primary N) is 1. The van der Waals surface area contributed by atoms with Gasteiger partial charge in [-0.25, -0.2) is 15.0 Å². The van der Waals surface area contributed by atoms with Crippen LogP contribution in [0.5, 0.6) is 0 Å². The molecule has 2 atom stereocenters. The van der Waals surface area contributed by atoms with Gasteiger partial charge in [-0.3, -0.25) is 14.0 Å². The molecule has 1 saturated carbocycles. The highest BCUT2D eigenvalue weighted by atomic mass is 19.4. The van der Waals surface area contributed by atoms with E-state index in [2.05, 4.69) is 37.2 Å². The minimum absolute atomic E-state index is 0.0716. The molecule has 4 aromatic rings. The van der Waals surface area contributed by atoms with Crippen molar-refractivity contribution in [3.05, 3.63) is 83.6 Å². The lowest BCUT2D eigenvalue weighted by Gasteiger charge is -2.29. The number of rotatable bonds is 3. The molecule has 4 N–H and O–H groups in total. The van der Waals surface area contributed by atoms with Crippen LogP contribution >= 0.6 is 0 Å². The van der Waals surface area contributed by atoms with Crippen molar-refractivity contribution in [2.75, 3.05) is 11.1 Å². The number of allylic oxidation sites excluding steroid dienone is 2. The van der Waals surface area contributed by atoms with E-state index in [0.29, 0.717) is 35.4 Å². The molecule has 228 valence electrons. The van der Waals surface area contributed by atoms with Gasteiger partial charge in [0.2, 0.25) is 5.91 Å². The van der Waals surface area contributed by atoms with Gasteiger partial charge < -0.3 is 16.4 Å². The third-order valence-electron chi connectivity index (χ3n) is 8.21. The highest BCUT2D eigenvalue weighted by Gasteiger charge is 2.32. The van der Waals surface area contributed by atoms with Gasteiger partial charge in [-0.1, -0.05) is 30.7 Å². The first-order valence-corrected chi connectivity index (χ1v) is 14.7. The van der Waals surface area contributed by atoms with Crippen LogP contribution in [0.25, 0.3) is 16.8 Å². The fourth-order valence-electron chi connectivity index (χ4n) is 6.05. The minimum atomic E-state index is -4.55. The number of hydrogen-bond donors (Lipinski definition) is 3. The molecular formula is C32H32F3N7O2. The zero-order chi connectivity index (χ0) is 30.8. The largest absolute Gasteiger partial charge is 0.416 e. The summed E-state index contributed by atoms with van der Waals surface area (Å²) in [6, 6.07) is 8.34. The van der Waals surface area contributed by atoms with E-state index in [1.54, 1.807) is 30.5 Å². The van der Waals surface area contributed by atoms with Crippen molar-refractivity contribution in [1.29, 1.82) is 0 Å². The van der Waals surface area contributed by atoms with E-state index in [9.17, 15) is 22.8 Å². The molecule has 1 aromatic carbocycles. The van der Waals surface area contributed by atoms with Gasteiger partial charge in [0.25, 0.3) is 5.91 Å². The molecule has 2 amide bonds. The maximum Gasteiger partial charge on any atom is 0.416 e. The van der Waals surface area contributed by atoms with Crippen molar-refractivity contribution >= 4 is 29.0 Å². The fraction of sp³-hybridized carbons (Fsp3) is 0.344. The highest BCUT2D eigenvalue weighted by molar-refractivity contribution is 6.04. The van der Waals surface area contributed by atoms with Crippen LogP contribution in [0.4, 0.5) is 24.8 Å². The molecule has 2 aliphatic rings. The molecule has 1 unspecified atom stereocenters. The number of alkyl halides is 3. The Morgan fingerprint density at radius 1 is 1.07 bits per heavy atom. The Kier molecular flexibility index (Phi) is 8.07. The second kappa shape index (κ2) is 12.1. The maximum absolute atomic E-state index is 13.1. The number of nitrogen functional groups attached to an aromatic ring is 1. The summed E-state index contributed by atoms with van der Waals surface area (Å²) in [6.07, 6.45) is 8.69. The normalized spacial score (nSPS) is 20.0. The number of halogens is 3. The van der Waals surface area contributed by atoms with Crippen molar-refractivity contribution in [3.8, 4) is 11.3 Å². The summed E-state index contributed by atoms with van der Waals surface area (Å²) in [7, 11) is 0. The number of amides is 2. The molecule has 12 heteroatoms. The quantitative estimate of drug-likeness (QED) is 0.244. The molecule has 3 aromatic heterocycles. The van der Waals surface area contributed by atoms with Crippen LogP contribution in [0.2, 0.25) is 0 Å². The Hall–Kier alpha value is -4.74. The lowest BCUT2D eigenvalue weighted by atomic mass is 9.85. The van der Waals surface area contributed by atoms with Crippen LogP contribution in [0, 0.1) is 0 Å². The van der Waals surface area contributed by atoms with Crippen LogP contribution in [-0.2, 0) is 17.4 Å². The lowest BCUT2D eigenvalue weighted by molar-refractivity contribution is -0.137. The number of hydrogen-bond acceptors (Lipinski definition) is 6. The van der Waals surface area contributed by atoms with Crippen LogP contribution < -0.4 is 16.4 Å². The third kappa shape index (κ3) is 6.15. The molecular weight excluding hydrogens is 571 g/mol. The zero-order valence-corrected chi connectivity index (χ0v) is 23.9. The number of benzene rings is 1. The molecule has 6 rings (SSSR count). The third-order valence-corrected chi connectivity index (χ3v) is 8.21. The van der Waals surface area contributed by atoms with Crippen LogP contribution in [0.1, 0.15) is 78.3 Å². The molecule has 1 fully saturated rings. The predicted molar refractivity (Wildman–Crippen MR) is 160 cm³/mol. The fourth-order valence-corrected chi connectivity index (χ4v) is 6.05. The van der Waals surface area contributed by atoms with Gasteiger partial charge >= 0.3 is 6.18 Å². The maximum atomic E-state index is 13.1. The minimum Gasteiger partial charge on any atom is -0.382 e. The number of anilines is 2. The second-order valence-corrected chi connectivity index (χ2v) is 11.3. The SMILES string of the molecule is Nc1ncc2n3c(nc(-c4ccc(C(=O)Nc5cc(C(F)(F)F)ccn5)cc4)c13)[C@@H]1CCCC(C1)NC(=O)CCC/C=C\C2. The van der Waals surface area contributed by atoms with Gasteiger partial charge in [0.05, 0.1) is 5.56 Å². The molecule has 0 radical (unpaired) electrons. The number of carbonyl (C=O) groups is 2. The molecule has 9 nitrogen and oxygen atoms in total.